The highest BCUT2D eigenvalue weighted by molar-refractivity contribution is 6.00. The summed E-state index contributed by atoms with van der Waals surface area (Å²) in [5.74, 6) is -10.4. The normalized spacial score (nSPS) is 28.7. The molecule has 15 unspecified atom stereocenters. The van der Waals surface area contributed by atoms with Gasteiger partial charge in [0, 0.05) is 62.5 Å². The number of hydrogen-bond acceptors (Lipinski definition) is 14. The second-order valence-electron chi connectivity index (χ2n) is 28.1. The number of likely N-dealkylation sites (tertiary alicyclic amines) is 1. The van der Waals surface area contributed by atoms with Crippen LogP contribution in [0.4, 0.5) is 0 Å². The summed E-state index contributed by atoms with van der Waals surface area (Å²) < 4.78 is 5.61. The predicted molar refractivity (Wildman–Crippen MR) is 355 cm³/mol. The Labute approximate surface area is 550 Å². The molecule has 0 spiro atoms. The van der Waals surface area contributed by atoms with E-state index in [4.69, 9.17) is 4.74 Å². The molecule has 2 fully saturated rings. The molecule has 0 aromatic carbocycles. The summed E-state index contributed by atoms with van der Waals surface area (Å²) in [5, 5.41) is 26.1. The molecule has 25 heteroatoms. The minimum atomic E-state index is -1.63. The number of rotatable bonds is 18. The van der Waals surface area contributed by atoms with Gasteiger partial charge in [-0.2, -0.15) is 0 Å². The van der Waals surface area contributed by atoms with Crippen molar-refractivity contribution in [3.63, 3.8) is 0 Å². The van der Waals surface area contributed by atoms with Crippen LogP contribution in [0.5, 0.6) is 0 Å². The van der Waals surface area contributed by atoms with E-state index in [0.717, 1.165) is 17.9 Å². The molecule has 0 aliphatic carbocycles. The first-order chi connectivity index (χ1) is 42.7. The number of methoxy groups -OCH3 is 1. The van der Waals surface area contributed by atoms with Gasteiger partial charge in [0.25, 0.3) is 0 Å². The lowest BCUT2D eigenvalue weighted by atomic mass is 9.91. The number of amides is 11. The second-order valence-corrected chi connectivity index (χ2v) is 28.1. The number of allylic oxidation sites excluding steroid dienone is 2. The second kappa shape index (κ2) is 37.6. The van der Waals surface area contributed by atoms with Crippen LogP contribution in [-0.4, -0.2) is 252 Å². The Hall–Kier alpha value is -6.21. The highest BCUT2D eigenvalue weighted by Crippen LogP contribution is 2.26. The molecular formula is C67H120N12O13. The largest absolute Gasteiger partial charge is 0.390 e. The minimum absolute atomic E-state index is 0.00557. The Bertz CT molecular complexity index is 2530. The van der Waals surface area contributed by atoms with Gasteiger partial charge in [0.1, 0.15) is 66.5 Å². The molecule has 0 radical (unpaired) electrons. The molecule has 0 bridgehead atoms. The number of carbonyl (C=O) groups is 11. The van der Waals surface area contributed by atoms with Crippen LogP contribution in [0, 0.1) is 41.4 Å². The van der Waals surface area contributed by atoms with Crippen LogP contribution in [0.25, 0.3) is 0 Å². The van der Waals surface area contributed by atoms with E-state index in [9.17, 15) is 38.7 Å². The van der Waals surface area contributed by atoms with Crippen molar-refractivity contribution in [3.8, 4) is 0 Å². The molecule has 526 valence electrons. The summed E-state index contributed by atoms with van der Waals surface area (Å²) >= 11 is 0. The zero-order valence-electron chi connectivity index (χ0n) is 60.2. The molecule has 15 atom stereocenters. The van der Waals surface area contributed by atoms with E-state index in [1.807, 2.05) is 54.5 Å². The molecule has 11 amide bonds. The molecule has 0 saturated carbocycles. The highest BCUT2D eigenvalue weighted by atomic mass is 16.5. The van der Waals surface area contributed by atoms with Crippen molar-refractivity contribution >= 4 is 65.0 Å². The number of hydrogen-bond donors (Lipinski definition) is 6. The van der Waals surface area contributed by atoms with E-state index in [1.165, 1.54) is 87.6 Å². The summed E-state index contributed by atoms with van der Waals surface area (Å²) in [5.41, 5.74) is 0. The van der Waals surface area contributed by atoms with Crippen LogP contribution in [0.2, 0.25) is 0 Å². The molecule has 92 heavy (non-hydrogen) atoms. The Morgan fingerprint density at radius 2 is 1.00 bits per heavy atom. The third-order valence-corrected chi connectivity index (χ3v) is 18.3. The van der Waals surface area contributed by atoms with Crippen molar-refractivity contribution in [1.29, 1.82) is 0 Å². The molecule has 25 nitrogen and oxygen atoms in total. The van der Waals surface area contributed by atoms with Crippen molar-refractivity contribution in [2.24, 2.45) is 41.4 Å². The van der Waals surface area contributed by atoms with Crippen LogP contribution in [0.3, 0.4) is 0 Å². The van der Waals surface area contributed by atoms with Crippen LogP contribution in [-0.2, 0) is 57.5 Å². The van der Waals surface area contributed by atoms with E-state index >= 15 is 19.2 Å². The maximum Gasteiger partial charge on any atom is 0.246 e. The minimum Gasteiger partial charge on any atom is -0.390 e. The van der Waals surface area contributed by atoms with Crippen molar-refractivity contribution in [3.05, 3.63) is 12.2 Å². The smallest absolute Gasteiger partial charge is 0.246 e. The Balaban J connectivity index is 3.01. The van der Waals surface area contributed by atoms with Crippen molar-refractivity contribution < 1.29 is 62.6 Å². The van der Waals surface area contributed by atoms with Crippen molar-refractivity contribution in [2.45, 2.75) is 241 Å². The fourth-order valence-corrected chi connectivity index (χ4v) is 12.2. The summed E-state index contributed by atoms with van der Waals surface area (Å²) in [6.07, 6.45) is 4.09. The number of aliphatic hydroxyl groups is 1. The Morgan fingerprint density at radius 3 is 1.50 bits per heavy atom. The molecular weight excluding hydrogens is 1180 g/mol. The molecule has 2 saturated heterocycles. The van der Waals surface area contributed by atoms with Crippen LogP contribution >= 0.6 is 0 Å². The van der Waals surface area contributed by atoms with Crippen LogP contribution < -0.4 is 26.6 Å². The van der Waals surface area contributed by atoms with Gasteiger partial charge in [0.2, 0.25) is 65.0 Å². The third-order valence-electron chi connectivity index (χ3n) is 18.3. The SMILES string of the molecule is CC=CCC(C)C(O)C1C(=O)NC(CC)C(=O)N(C)C(C)C(=O)N(C)C(C(C)CCN2CCC(OC)C2)C(=O)NC(C(C)C)C(=O)N(C)C(CC(C)C)C(=O)NC(C)C(=O)NC(C)C(=O)NC(CC(C)C)C(=O)N(C)C(CC(C)C)C(=O)N(C)C(C(C)C)C(=O)N1C. The lowest BCUT2D eigenvalue weighted by Gasteiger charge is -2.41. The van der Waals surface area contributed by atoms with E-state index in [1.54, 1.807) is 61.7 Å². The summed E-state index contributed by atoms with van der Waals surface area (Å²) in [6.45, 7) is 31.4. The molecule has 2 rings (SSSR count). The van der Waals surface area contributed by atoms with Gasteiger partial charge < -0.3 is 70.7 Å². The van der Waals surface area contributed by atoms with E-state index in [-0.39, 0.29) is 49.5 Å². The van der Waals surface area contributed by atoms with E-state index in [0.29, 0.717) is 25.9 Å². The first-order valence-corrected chi connectivity index (χ1v) is 33.4. The summed E-state index contributed by atoms with van der Waals surface area (Å²) in [6, 6.07) is -13.9. The average molecular weight is 1300 g/mol. The third kappa shape index (κ3) is 22.5. The zero-order chi connectivity index (χ0) is 70.7. The summed E-state index contributed by atoms with van der Waals surface area (Å²) in [7, 11) is 10.2. The van der Waals surface area contributed by atoms with Crippen LogP contribution in [0.15, 0.2) is 12.2 Å². The predicted octanol–water partition coefficient (Wildman–Crippen LogP) is 3.02. The lowest BCUT2D eigenvalue weighted by molar-refractivity contribution is -0.156. The molecule has 2 heterocycles. The zero-order valence-corrected chi connectivity index (χ0v) is 60.2. The maximum absolute atomic E-state index is 15.2. The van der Waals surface area contributed by atoms with Crippen LogP contribution in [0.1, 0.15) is 163 Å². The lowest BCUT2D eigenvalue weighted by Crippen LogP contribution is -2.64. The molecule has 2 aliphatic rings. The van der Waals surface area contributed by atoms with Crippen molar-refractivity contribution in [2.75, 3.05) is 69.0 Å². The number of nitrogens with zero attached hydrogens (tertiary/aromatic N) is 7. The Morgan fingerprint density at radius 1 is 0.522 bits per heavy atom. The quantitative estimate of drug-likeness (QED) is 0.108. The number of likely N-dealkylation sites (N-methyl/N-ethyl adjacent to an activating group) is 6. The van der Waals surface area contributed by atoms with Gasteiger partial charge in [-0.05, 0) is 121 Å². The van der Waals surface area contributed by atoms with E-state index < -0.39 is 161 Å². The van der Waals surface area contributed by atoms with Gasteiger partial charge in [-0.25, -0.2) is 0 Å². The van der Waals surface area contributed by atoms with Gasteiger partial charge in [-0.15, -0.1) is 0 Å². The molecule has 6 N–H and O–H groups in total. The van der Waals surface area contributed by atoms with Gasteiger partial charge in [-0.1, -0.05) is 102 Å². The van der Waals surface area contributed by atoms with Gasteiger partial charge in [-0.3, -0.25) is 52.7 Å². The van der Waals surface area contributed by atoms with Gasteiger partial charge in [0.15, 0.2) is 0 Å². The standard InChI is InChI=1S/C67H120N12O13/c1-25-27-28-43(14)56(80)55-61(85)70-48(26-2)63(87)73(18)46(17)62(86)77(22)54(42(13)29-31-79-32-30-47(36-79)92-24)60(84)72-52(40(9)10)66(90)74(19)50(34-38(5)6)59(83)69-44(15)57(81)68-45(16)58(82)71-49(33-37(3)4)64(88)75(20)51(35-39(7)8)65(89)76(21)53(41(11)12)67(91)78(55)23/h25,27,37-56,80H,26,28-36H2,1-24H3,(H,68,81)(H,69,83)(H,70,85)(H,71,82)(H,72,84). The summed E-state index contributed by atoms with van der Waals surface area (Å²) in [4.78, 5) is 172. The topological polar surface area (TPSA) is 300 Å². The number of nitrogens with one attached hydrogen (secondary N) is 5. The first kappa shape index (κ1) is 81.9. The Kier molecular flexibility index (Phi) is 33.5. The van der Waals surface area contributed by atoms with Crippen molar-refractivity contribution in [1.82, 2.24) is 60.9 Å². The molecule has 0 aromatic rings. The fourth-order valence-electron chi connectivity index (χ4n) is 12.2. The first-order valence-electron chi connectivity index (χ1n) is 33.4. The monoisotopic (exact) mass is 1300 g/mol. The molecule has 0 aromatic heterocycles. The van der Waals surface area contributed by atoms with E-state index in [2.05, 4.69) is 31.5 Å². The van der Waals surface area contributed by atoms with Gasteiger partial charge in [0.05, 0.1) is 12.2 Å². The highest BCUT2D eigenvalue weighted by Gasteiger charge is 2.46. The number of aliphatic hydroxyl groups excluding tert-OH is 1. The fraction of sp³-hybridized carbons (Fsp3) is 0.806. The number of carbonyl (C=O) groups excluding carboxylic acids is 11. The van der Waals surface area contributed by atoms with Gasteiger partial charge >= 0.3 is 0 Å². The maximum atomic E-state index is 15.2. The average Bonchev–Trinajstić information content (AvgIpc) is 0.899. The number of ether oxygens (including phenoxy) is 1. The molecule has 2 aliphatic heterocycles.